The first-order chi connectivity index (χ1) is 6.42. The van der Waals surface area contributed by atoms with E-state index in [1.807, 2.05) is 18.2 Å². The van der Waals surface area contributed by atoms with Gasteiger partial charge in [-0.1, -0.05) is 30.3 Å². The molecule has 1 saturated heterocycles. The third kappa shape index (κ3) is 1.63. The van der Waals surface area contributed by atoms with Crippen LogP contribution in [0.2, 0.25) is 0 Å². The fraction of sp³-hybridized carbons (Fsp3) is 0.364. The first-order valence-corrected chi connectivity index (χ1v) is 4.58. The van der Waals surface area contributed by atoms with Gasteiger partial charge in [0.05, 0.1) is 6.04 Å². The maximum absolute atomic E-state index is 10.6. The largest absolute Gasteiger partial charge is 0.307 e. The topological polar surface area (TPSA) is 29.1 Å². The highest BCUT2D eigenvalue weighted by Gasteiger charge is 2.27. The third-order valence-corrected chi connectivity index (χ3v) is 2.58. The van der Waals surface area contributed by atoms with E-state index in [4.69, 9.17) is 0 Å². The molecule has 2 rings (SSSR count). The molecule has 0 saturated carbocycles. The molecule has 2 atom stereocenters. The molecular formula is C11H12NO. The van der Waals surface area contributed by atoms with Crippen molar-refractivity contribution in [2.75, 3.05) is 6.54 Å². The molecule has 1 aromatic carbocycles. The Morgan fingerprint density at radius 2 is 2.08 bits per heavy atom. The van der Waals surface area contributed by atoms with Crippen molar-refractivity contribution in [3.05, 3.63) is 35.9 Å². The molecule has 2 nitrogen and oxygen atoms in total. The van der Waals surface area contributed by atoms with Gasteiger partial charge in [-0.15, -0.1) is 0 Å². The van der Waals surface area contributed by atoms with Gasteiger partial charge in [0.25, 0.3) is 0 Å². The van der Waals surface area contributed by atoms with Crippen LogP contribution in [0.4, 0.5) is 0 Å². The molecule has 67 valence electrons. The Morgan fingerprint density at radius 3 is 2.77 bits per heavy atom. The van der Waals surface area contributed by atoms with Crippen LogP contribution in [0.15, 0.2) is 30.3 Å². The minimum Gasteiger partial charge on any atom is -0.307 e. The molecule has 13 heavy (non-hydrogen) atoms. The van der Waals surface area contributed by atoms with Gasteiger partial charge in [0.2, 0.25) is 6.29 Å². The SMILES string of the molecule is O=[C][C@H]1NCC[C@H]1c1ccccc1. The van der Waals surface area contributed by atoms with Gasteiger partial charge in [0.1, 0.15) is 0 Å². The van der Waals surface area contributed by atoms with Gasteiger partial charge in [-0.05, 0) is 18.5 Å². The van der Waals surface area contributed by atoms with Gasteiger partial charge in [0, 0.05) is 5.92 Å². The van der Waals surface area contributed by atoms with E-state index in [1.54, 1.807) is 0 Å². The maximum atomic E-state index is 10.6. The molecule has 0 aliphatic carbocycles. The lowest BCUT2D eigenvalue weighted by molar-refractivity contribution is 0.523. The van der Waals surface area contributed by atoms with Crippen LogP contribution < -0.4 is 5.32 Å². The Bertz CT molecular complexity index is 283. The van der Waals surface area contributed by atoms with E-state index in [-0.39, 0.29) is 6.04 Å². The average molecular weight is 174 g/mol. The lowest BCUT2D eigenvalue weighted by atomic mass is 9.93. The second-order valence-corrected chi connectivity index (χ2v) is 3.36. The molecule has 1 radical (unpaired) electrons. The van der Waals surface area contributed by atoms with Gasteiger partial charge < -0.3 is 5.32 Å². The predicted molar refractivity (Wildman–Crippen MR) is 51.3 cm³/mol. The lowest BCUT2D eigenvalue weighted by Crippen LogP contribution is -2.27. The van der Waals surface area contributed by atoms with Gasteiger partial charge in [-0.2, -0.15) is 0 Å². The molecule has 0 amide bonds. The van der Waals surface area contributed by atoms with Crippen LogP contribution in [0.5, 0.6) is 0 Å². The van der Waals surface area contributed by atoms with Crippen molar-refractivity contribution in [1.29, 1.82) is 0 Å². The number of hydrogen-bond donors (Lipinski definition) is 1. The molecule has 1 aliphatic rings. The Kier molecular flexibility index (Phi) is 2.41. The second-order valence-electron chi connectivity index (χ2n) is 3.36. The Hall–Kier alpha value is -1.15. The van der Waals surface area contributed by atoms with Crippen molar-refractivity contribution in [2.24, 2.45) is 0 Å². The summed E-state index contributed by atoms with van der Waals surface area (Å²) in [7, 11) is 0. The summed E-state index contributed by atoms with van der Waals surface area (Å²) in [6, 6.07) is 10.0. The molecule has 1 heterocycles. The molecule has 2 heteroatoms. The highest BCUT2D eigenvalue weighted by molar-refractivity contribution is 5.61. The summed E-state index contributed by atoms with van der Waals surface area (Å²) in [6.45, 7) is 0.916. The number of carbonyl (C=O) groups excluding carboxylic acids is 1. The maximum Gasteiger partial charge on any atom is 0.217 e. The van der Waals surface area contributed by atoms with Crippen LogP contribution in [-0.4, -0.2) is 18.9 Å². The summed E-state index contributed by atoms with van der Waals surface area (Å²) in [6.07, 6.45) is 3.08. The molecule has 0 spiro atoms. The van der Waals surface area contributed by atoms with E-state index in [9.17, 15) is 4.79 Å². The number of rotatable bonds is 2. The van der Waals surface area contributed by atoms with Crippen molar-refractivity contribution in [3.8, 4) is 0 Å². The van der Waals surface area contributed by atoms with Crippen molar-refractivity contribution < 1.29 is 4.79 Å². The second kappa shape index (κ2) is 3.71. The van der Waals surface area contributed by atoms with E-state index in [0.29, 0.717) is 5.92 Å². The minimum absolute atomic E-state index is 0.109. The summed E-state index contributed by atoms with van der Waals surface area (Å²) in [4.78, 5) is 10.6. The van der Waals surface area contributed by atoms with E-state index in [0.717, 1.165) is 13.0 Å². The Balaban J connectivity index is 2.21. The number of hydrogen-bond acceptors (Lipinski definition) is 2. The fourth-order valence-corrected chi connectivity index (χ4v) is 1.89. The van der Waals surface area contributed by atoms with Gasteiger partial charge in [-0.3, -0.25) is 4.79 Å². The summed E-state index contributed by atoms with van der Waals surface area (Å²) in [5.41, 5.74) is 1.24. The normalized spacial score (nSPS) is 27.4. The van der Waals surface area contributed by atoms with E-state index in [2.05, 4.69) is 23.7 Å². The van der Waals surface area contributed by atoms with Crippen LogP contribution >= 0.6 is 0 Å². The molecule has 1 aromatic rings. The van der Waals surface area contributed by atoms with E-state index >= 15 is 0 Å². The molecule has 1 N–H and O–H groups in total. The summed E-state index contributed by atoms with van der Waals surface area (Å²) < 4.78 is 0. The van der Waals surface area contributed by atoms with Gasteiger partial charge >= 0.3 is 0 Å². The number of benzene rings is 1. The predicted octanol–water partition coefficient (Wildman–Crippen LogP) is 1.24. The third-order valence-electron chi connectivity index (χ3n) is 2.58. The van der Waals surface area contributed by atoms with Crippen molar-refractivity contribution in [2.45, 2.75) is 18.4 Å². The smallest absolute Gasteiger partial charge is 0.217 e. The minimum atomic E-state index is -0.109. The van der Waals surface area contributed by atoms with Gasteiger partial charge in [-0.25, -0.2) is 0 Å². The van der Waals surface area contributed by atoms with Crippen molar-refractivity contribution in [3.63, 3.8) is 0 Å². The molecule has 1 aliphatic heterocycles. The quantitative estimate of drug-likeness (QED) is 0.731. The fourth-order valence-electron chi connectivity index (χ4n) is 1.89. The van der Waals surface area contributed by atoms with Crippen LogP contribution in [0.1, 0.15) is 17.9 Å². The molecule has 1 fully saturated rings. The first kappa shape index (κ1) is 8.45. The zero-order valence-electron chi connectivity index (χ0n) is 7.36. The van der Waals surface area contributed by atoms with Crippen LogP contribution in [0.3, 0.4) is 0 Å². The first-order valence-electron chi connectivity index (χ1n) is 4.58. The van der Waals surface area contributed by atoms with E-state index in [1.165, 1.54) is 5.56 Å². The zero-order valence-corrected chi connectivity index (χ0v) is 7.36. The van der Waals surface area contributed by atoms with Crippen LogP contribution in [-0.2, 0) is 4.79 Å². The molecule has 0 bridgehead atoms. The zero-order chi connectivity index (χ0) is 9.10. The molecular weight excluding hydrogens is 162 g/mol. The van der Waals surface area contributed by atoms with Crippen molar-refractivity contribution >= 4 is 6.29 Å². The van der Waals surface area contributed by atoms with Crippen molar-refractivity contribution in [1.82, 2.24) is 5.32 Å². The summed E-state index contributed by atoms with van der Waals surface area (Å²) in [5, 5.41) is 3.13. The Morgan fingerprint density at radius 1 is 1.31 bits per heavy atom. The highest BCUT2D eigenvalue weighted by Crippen LogP contribution is 2.26. The monoisotopic (exact) mass is 174 g/mol. The average Bonchev–Trinajstić information content (AvgIpc) is 2.67. The Labute approximate surface area is 78.0 Å². The standard InChI is InChI=1S/C11H12NO/c13-8-11-10(6-7-12-11)9-4-2-1-3-5-9/h1-5,10-12H,6-7H2/t10-,11+/m0/s1. The van der Waals surface area contributed by atoms with E-state index < -0.39 is 0 Å². The number of nitrogens with one attached hydrogen (secondary N) is 1. The van der Waals surface area contributed by atoms with Crippen LogP contribution in [0.25, 0.3) is 0 Å². The molecule has 0 unspecified atom stereocenters. The van der Waals surface area contributed by atoms with Crippen LogP contribution in [0, 0.1) is 0 Å². The summed E-state index contributed by atoms with van der Waals surface area (Å²) in [5.74, 6) is 0.318. The highest BCUT2D eigenvalue weighted by atomic mass is 16.1. The van der Waals surface area contributed by atoms with Gasteiger partial charge in [0.15, 0.2) is 0 Å². The lowest BCUT2D eigenvalue weighted by Gasteiger charge is -2.12. The summed E-state index contributed by atoms with van der Waals surface area (Å²) >= 11 is 0. The molecule has 0 aromatic heterocycles.